The Hall–Kier alpha value is -2.67. The monoisotopic (exact) mass is 457 g/mol. The molecule has 0 saturated carbocycles. The van der Waals surface area contributed by atoms with E-state index < -0.39 is 5.97 Å². The number of rotatable bonds is 6. The van der Waals surface area contributed by atoms with Crippen molar-refractivity contribution in [2.75, 3.05) is 0 Å². The van der Waals surface area contributed by atoms with Crippen molar-refractivity contribution >= 4 is 62.4 Å². The molecule has 0 aliphatic carbocycles. The van der Waals surface area contributed by atoms with Crippen LogP contribution in [0.3, 0.4) is 0 Å². The van der Waals surface area contributed by atoms with Crippen LogP contribution < -0.4 is 0 Å². The van der Waals surface area contributed by atoms with Gasteiger partial charge in [-0.1, -0.05) is 53.5 Å². The van der Waals surface area contributed by atoms with E-state index in [1.165, 1.54) is 11.3 Å². The second-order valence-electron chi connectivity index (χ2n) is 6.77. The summed E-state index contributed by atoms with van der Waals surface area (Å²) in [5, 5.41) is 15.7. The Morgan fingerprint density at radius 1 is 1.17 bits per heavy atom. The van der Waals surface area contributed by atoms with Crippen molar-refractivity contribution in [1.29, 1.82) is 0 Å². The lowest BCUT2D eigenvalue weighted by Gasteiger charge is -2.06. The molecule has 4 aromatic rings. The molecule has 30 heavy (non-hydrogen) atoms. The van der Waals surface area contributed by atoms with Crippen LogP contribution in [0, 0.1) is 6.92 Å². The zero-order valence-corrected chi connectivity index (χ0v) is 18.3. The van der Waals surface area contributed by atoms with Crippen molar-refractivity contribution in [3.63, 3.8) is 0 Å². The number of benzene rings is 2. The van der Waals surface area contributed by atoms with Gasteiger partial charge in [0, 0.05) is 10.6 Å². The standard InChI is InChI=1S/C22H17Cl2N3O2S/c1-13-16(21(24)27(26-13)12-14-6-2-3-7-17(14)23)10-15(11-20(28)29)22-25-18-8-4-5-9-19(18)30-22/h2-10H,11-12H2,1H3,(H,28,29)/b15-10+. The Morgan fingerprint density at radius 2 is 1.90 bits per heavy atom. The number of aryl methyl sites for hydroxylation is 1. The molecule has 4 rings (SSSR count). The molecule has 0 unspecified atom stereocenters. The van der Waals surface area contributed by atoms with Crippen molar-refractivity contribution in [1.82, 2.24) is 14.8 Å². The molecule has 152 valence electrons. The van der Waals surface area contributed by atoms with Gasteiger partial charge in [0.05, 0.1) is 28.9 Å². The molecule has 0 fully saturated rings. The van der Waals surface area contributed by atoms with Crippen LogP contribution in [0.2, 0.25) is 10.2 Å². The number of fused-ring (bicyclic) bond motifs is 1. The van der Waals surface area contributed by atoms with Crippen LogP contribution in [0.4, 0.5) is 0 Å². The Kier molecular flexibility index (Phi) is 5.90. The number of carboxylic acid groups (broad SMARTS) is 1. The number of carbonyl (C=O) groups is 1. The molecule has 1 N–H and O–H groups in total. The average Bonchev–Trinajstić information content (AvgIpc) is 3.25. The normalized spacial score (nSPS) is 11.9. The summed E-state index contributed by atoms with van der Waals surface area (Å²) in [4.78, 5) is 16.1. The summed E-state index contributed by atoms with van der Waals surface area (Å²) in [5.41, 5.74) is 3.71. The van der Waals surface area contributed by atoms with Gasteiger partial charge in [-0.15, -0.1) is 11.3 Å². The van der Waals surface area contributed by atoms with Crippen LogP contribution in [0.15, 0.2) is 48.5 Å². The summed E-state index contributed by atoms with van der Waals surface area (Å²) < 4.78 is 2.67. The number of thiazole rings is 1. The first-order valence-corrected chi connectivity index (χ1v) is 10.7. The molecule has 5 nitrogen and oxygen atoms in total. The second-order valence-corrected chi connectivity index (χ2v) is 8.56. The number of carboxylic acids is 1. The predicted molar refractivity (Wildman–Crippen MR) is 122 cm³/mol. The number of aliphatic carboxylic acids is 1. The fourth-order valence-corrected chi connectivity index (χ4v) is 4.62. The average molecular weight is 458 g/mol. The van der Waals surface area contributed by atoms with Gasteiger partial charge in [-0.05, 0) is 42.3 Å². The van der Waals surface area contributed by atoms with E-state index >= 15 is 0 Å². The van der Waals surface area contributed by atoms with Gasteiger partial charge in [0.2, 0.25) is 0 Å². The van der Waals surface area contributed by atoms with Crippen molar-refractivity contribution in [3.05, 3.63) is 80.5 Å². The van der Waals surface area contributed by atoms with E-state index in [0.717, 1.165) is 15.8 Å². The van der Waals surface area contributed by atoms with Gasteiger partial charge in [-0.25, -0.2) is 9.67 Å². The van der Waals surface area contributed by atoms with Gasteiger partial charge in [-0.2, -0.15) is 5.10 Å². The number of para-hydroxylation sites is 1. The van der Waals surface area contributed by atoms with Gasteiger partial charge < -0.3 is 5.11 Å². The third-order valence-corrected chi connectivity index (χ3v) is 6.50. The minimum atomic E-state index is -0.933. The number of halogens is 2. The summed E-state index contributed by atoms with van der Waals surface area (Å²) in [6.45, 7) is 2.26. The van der Waals surface area contributed by atoms with Crippen LogP contribution >= 0.6 is 34.5 Å². The van der Waals surface area contributed by atoms with E-state index in [1.54, 1.807) is 10.8 Å². The van der Waals surface area contributed by atoms with E-state index in [4.69, 9.17) is 23.2 Å². The number of nitrogens with zero attached hydrogens (tertiary/aromatic N) is 3. The lowest BCUT2D eigenvalue weighted by molar-refractivity contribution is -0.135. The van der Waals surface area contributed by atoms with Crippen LogP contribution in [0.5, 0.6) is 0 Å². The van der Waals surface area contributed by atoms with Gasteiger partial charge in [0.15, 0.2) is 0 Å². The van der Waals surface area contributed by atoms with Crippen LogP contribution in [0.25, 0.3) is 21.9 Å². The first-order valence-electron chi connectivity index (χ1n) is 9.17. The molecular weight excluding hydrogens is 441 g/mol. The first-order chi connectivity index (χ1) is 14.4. The predicted octanol–water partition coefficient (Wildman–Crippen LogP) is 6.17. The summed E-state index contributed by atoms with van der Waals surface area (Å²) >= 11 is 14.4. The largest absolute Gasteiger partial charge is 0.481 e. The molecule has 0 amide bonds. The van der Waals surface area contributed by atoms with Crippen molar-refractivity contribution in [2.45, 2.75) is 19.9 Å². The second kappa shape index (κ2) is 8.60. The van der Waals surface area contributed by atoms with E-state index in [0.29, 0.717) is 38.6 Å². The molecule has 2 aromatic heterocycles. The highest BCUT2D eigenvalue weighted by Gasteiger charge is 2.17. The molecule has 0 aliphatic rings. The Morgan fingerprint density at radius 3 is 2.63 bits per heavy atom. The molecule has 2 heterocycles. The van der Waals surface area contributed by atoms with Gasteiger partial charge in [0.1, 0.15) is 10.2 Å². The SMILES string of the molecule is Cc1nn(Cc2ccccc2Cl)c(Cl)c1/C=C(\CC(=O)O)c1nc2ccccc2s1. The zero-order valence-electron chi connectivity index (χ0n) is 16.0. The van der Waals surface area contributed by atoms with Gasteiger partial charge in [0.25, 0.3) is 0 Å². The third kappa shape index (κ3) is 4.26. The highest BCUT2D eigenvalue weighted by molar-refractivity contribution is 7.19. The quantitative estimate of drug-likeness (QED) is 0.375. The van der Waals surface area contributed by atoms with E-state index in [9.17, 15) is 9.90 Å². The Labute approximate surface area is 187 Å². The first kappa shape index (κ1) is 20.6. The fourth-order valence-electron chi connectivity index (χ4n) is 3.16. The fraction of sp³-hybridized carbons (Fsp3) is 0.136. The van der Waals surface area contributed by atoms with Crippen LogP contribution in [0.1, 0.15) is 28.2 Å². The number of aromatic nitrogens is 3. The smallest absolute Gasteiger partial charge is 0.307 e. The summed E-state index contributed by atoms with van der Waals surface area (Å²) in [7, 11) is 0. The summed E-state index contributed by atoms with van der Waals surface area (Å²) in [6, 6.07) is 15.2. The van der Waals surface area contributed by atoms with Crippen molar-refractivity contribution in [3.8, 4) is 0 Å². The van der Waals surface area contributed by atoms with Crippen molar-refractivity contribution in [2.24, 2.45) is 0 Å². The van der Waals surface area contributed by atoms with Crippen LogP contribution in [-0.4, -0.2) is 25.8 Å². The van der Waals surface area contributed by atoms with Crippen molar-refractivity contribution < 1.29 is 9.90 Å². The number of hydrogen-bond acceptors (Lipinski definition) is 4. The maximum Gasteiger partial charge on any atom is 0.307 e. The molecule has 0 saturated heterocycles. The zero-order chi connectivity index (χ0) is 21.3. The van der Waals surface area contributed by atoms with E-state index in [-0.39, 0.29) is 6.42 Å². The Balaban J connectivity index is 1.75. The van der Waals surface area contributed by atoms with E-state index in [1.807, 2.05) is 55.5 Å². The van der Waals surface area contributed by atoms with E-state index in [2.05, 4.69) is 10.1 Å². The molecule has 0 spiro atoms. The summed E-state index contributed by atoms with van der Waals surface area (Å²) in [6.07, 6.45) is 1.62. The highest BCUT2D eigenvalue weighted by atomic mass is 35.5. The molecule has 0 atom stereocenters. The van der Waals surface area contributed by atoms with Crippen LogP contribution in [-0.2, 0) is 11.3 Å². The highest BCUT2D eigenvalue weighted by Crippen LogP contribution is 2.33. The molecule has 8 heteroatoms. The van der Waals surface area contributed by atoms with Gasteiger partial charge >= 0.3 is 5.97 Å². The maximum absolute atomic E-state index is 11.5. The molecular formula is C22H17Cl2N3O2S. The lowest BCUT2D eigenvalue weighted by Crippen LogP contribution is -2.02. The third-order valence-electron chi connectivity index (χ3n) is 4.62. The lowest BCUT2D eigenvalue weighted by atomic mass is 10.1. The minimum Gasteiger partial charge on any atom is -0.481 e. The topological polar surface area (TPSA) is 68.0 Å². The van der Waals surface area contributed by atoms with Gasteiger partial charge in [-0.3, -0.25) is 4.79 Å². The maximum atomic E-state index is 11.5. The molecule has 0 radical (unpaired) electrons. The molecule has 0 aliphatic heterocycles. The summed E-state index contributed by atoms with van der Waals surface area (Å²) in [5.74, 6) is -0.933. The Bertz CT molecular complexity index is 1240. The molecule has 0 bridgehead atoms. The molecule has 2 aromatic carbocycles. The minimum absolute atomic E-state index is 0.161. The number of hydrogen-bond donors (Lipinski definition) is 1.